The lowest BCUT2D eigenvalue weighted by Gasteiger charge is -2.17. The van der Waals surface area contributed by atoms with Crippen LogP contribution >= 0.6 is 24.0 Å². The van der Waals surface area contributed by atoms with E-state index in [4.69, 9.17) is 0 Å². The molecule has 1 atom stereocenters. The minimum absolute atomic E-state index is 0. The number of hydrogen-bond acceptors (Lipinski definition) is 2. The van der Waals surface area contributed by atoms with Crippen LogP contribution in [0.25, 0.3) is 11.1 Å². The normalized spacial score (nSPS) is 12.2. The van der Waals surface area contributed by atoms with E-state index in [1.165, 1.54) is 22.3 Å². The van der Waals surface area contributed by atoms with E-state index in [1.54, 1.807) is 0 Å². The standard InChI is InChI=1S/C23H29N5.HI/c1-4-18(2)27-23(24-3)26-15-21-7-5-6-8-22(21)20-11-9-19(10-12-20)16-28-14-13-25-17-28;/h5-14,17-18H,4,15-16H2,1-3H3,(H2,24,26,27);1H. The molecule has 6 heteroatoms. The fourth-order valence-corrected chi connectivity index (χ4v) is 3.05. The summed E-state index contributed by atoms with van der Waals surface area (Å²) < 4.78 is 2.07. The van der Waals surface area contributed by atoms with Gasteiger partial charge >= 0.3 is 0 Å². The zero-order valence-corrected chi connectivity index (χ0v) is 19.6. The molecule has 2 N–H and O–H groups in total. The summed E-state index contributed by atoms with van der Waals surface area (Å²) in [6.07, 6.45) is 6.69. The molecule has 29 heavy (non-hydrogen) atoms. The Morgan fingerprint density at radius 3 is 2.55 bits per heavy atom. The molecule has 0 saturated carbocycles. The van der Waals surface area contributed by atoms with Crippen molar-refractivity contribution >= 4 is 29.9 Å². The van der Waals surface area contributed by atoms with Crippen LogP contribution in [0.1, 0.15) is 31.4 Å². The van der Waals surface area contributed by atoms with Crippen molar-refractivity contribution in [2.75, 3.05) is 7.05 Å². The highest BCUT2D eigenvalue weighted by Gasteiger charge is 2.07. The van der Waals surface area contributed by atoms with Crippen LogP contribution in [-0.2, 0) is 13.1 Å². The van der Waals surface area contributed by atoms with Gasteiger partial charge in [-0.15, -0.1) is 24.0 Å². The van der Waals surface area contributed by atoms with Crippen molar-refractivity contribution in [3.63, 3.8) is 0 Å². The number of halogens is 1. The molecule has 0 bridgehead atoms. The molecule has 1 unspecified atom stereocenters. The smallest absolute Gasteiger partial charge is 0.191 e. The highest BCUT2D eigenvalue weighted by molar-refractivity contribution is 14.0. The van der Waals surface area contributed by atoms with Crippen LogP contribution in [0.15, 0.2) is 72.2 Å². The maximum Gasteiger partial charge on any atom is 0.191 e. The van der Waals surface area contributed by atoms with E-state index in [9.17, 15) is 0 Å². The molecule has 3 aromatic rings. The Balaban J connectivity index is 0.00000300. The van der Waals surface area contributed by atoms with Crippen molar-refractivity contribution < 1.29 is 0 Å². The molecular weight excluding hydrogens is 473 g/mol. The van der Waals surface area contributed by atoms with Crippen molar-refractivity contribution in [3.8, 4) is 11.1 Å². The minimum Gasteiger partial charge on any atom is -0.354 e. The van der Waals surface area contributed by atoms with Gasteiger partial charge in [0, 0.05) is 38.6 Å². The van der Waals surface area contributed by atoms with Crippen molar-refractivity contribution in [3.05, 3.63) is 78.4 Å². The number of aliphatic imine (C=N–C) groups is 1. The van der Waals surface area contributed by atoms with Crippen molar-refractivity contribution in [2.45, 2.75) is 39.4 Å². The summed E-state index contributed by atoms with van der Waals surface area (Å²) in [5.41, 5.74) is 4.97. The highest BCUT2D eigenvalue weighted by Crippen LogP contribution is 2.24. The monoisotopic (exact) mass is 503 g/mol. The molecule has 154 valence electrons. The SMILES string of the molecule is CCC(C)NC(=NC)NCc1ccccc1-c1ccc(Cn2ccnc2)cc1.I. The molecule has 0 fully saturated rings. The van der Waals surface area contributed by atoms with Crippen LogP contribution in [0.5, 0.6) is 0 Å². The number of guanidine groups is 1. The number of benzene rings is 2. The van der Waals surface area contributed by atoms with Crippen LogP contribution in [0.4, 0.5) is 0 Å². The van der Waals surface area contributed by atoms with E-state index < -0.39 is 0 Å². The third-order valence-corrected chi connectivity index (χ3v) is 4.87. The third kappa shape index (κ3) is 6.59. The first-order valence-electron chi connectivity index (χ1n) is 9.79. The molecule has 0 spiro atoms. The zero-order valence-electron chi connectivity index (χ0n) is 17.3. The van der Waals surface area contributed by atoms with E-state index in [-0.39, 0.29) is 24.0 Å². The summed E-state index contributed by atoms with van der Waals surface area (Å²) in [5, 5.41) is 6.84. The first-order valence-corrected chi connectivity index (χ1v) is 9.79. The number of nitrogens with one attached hydrogen (secondary N) is 2. The average Bonchev–Trinajstić information content (AvgIpc) is 3.25. The van der Waals surface area contributed by atoms with Crippen molar-refractivity contribution in [2.24, 2.45) is 4.99 Å². The van der Waals surface area contributed by atoms with Gasteiger partial charge in [0.1, 0.15) is 0 Å². The Kier molecular flexibility index (Phi) is 9.18. The van der Waals surface area contributed by atoms with Crippen LogP contribution < -0.4 is 10.6 Å². The molecule has 0 saturated heterocycles. The van der Waals surface area contributed by atoms with E-state index in [0.29, 0.717) is 6.04 Å². The van der Waals surface area contributed by atoms with Gasteiger partial charge in [-0.2, -0.15) is 0 Å². The maximum atomic E-state index is 4.33. The van der Waals surface area contributed by atoms with Gasteiger partial charge in [0.05, 0.1) is 6.33 Å². The summed E-state index contributed by atoms with van der Waals surface area (Å²) in [6, 6.07) is 17.7. The van der Waals surface area contributed by atoms with Gasteiger partial charge < -0.3 is 15.2 Å². The summed E-state index contributed by atoms with van der Waals surface area (Å²) in [4.78, 5) is 8.43. The van der Waals surface area contributed by atoms with Crippen molar-refractivity contribution in [1.82, 2.24) is 20.2 Å². The Morgan fingerprint density at radius 2 is 1.90 bits per heavy atom. The maximum absolute atomic E-state index is 4.33. The molecule has 5 nitrogen and oxygen atoms in total. The van der Waals surface area contributed by atoms with Gasteiger partial charge in [-0.25, -0.2) is 4.98 Å². The summed E-state index contributed by atoms with van der Waals surface area (Å²) >= 11 is 0. The second kappa shape index (κ2) is 11.6. The molecule has 1 aromatic heterocycles. The molecule has 0 aliphatic carbocycles. The predicted octanol–water partition coefficient (Wildman–Crippen LogP) is 4.68. The Bertz CT molecular complexity index is 888. The average molecular weight is 503 g/mol. The van der Waals surface area contributed by atoms with Crippen LogP contribution in [0, 0.1) is 0 Å². The van der Waals surface area contributed by atoms with E-state index in [1.807, 2.05) is 25.8 Å². The first-order chi connectivity index (χ1) is 13.7. The van der Waals surface area contributed by atoms with E-state index in [2.05, 4.69) is 87.6 Å². The number of imidazole rings is 1. The van der Waals surface area contributed by atoms with Gasteiger partial charge in [0.15, 0.2) is 5.96 Å². The molecule has 0 amide bonds. The molecular formula is C23H30IN5. The summed E-state index contributed by atoms with van der Waals surface area (Å²) in [7, 11) is 1.81. The summed E-state index contributed by atoms with van der Waals surface area (Å²) in [5.74, 6) is 0.833. The number of nitrogens with zero attached hydrogens (tertiary/aromatic N) is 3. The molecule has 0 aliphatic rings. The second-order valence-electron chi connectivity index (χ2n) is 6.97. The Hall–Kier alpha value is -2.35. The lowest BCUT2D eigenvalue weighted by atomic mass is 9.98. The number of aromatic nitrogens is 2. The van der Waals surface area contributed by atoms with Crippen LogP contribution in [-0.4, -0.2) is 28.6 Å². The second-order valence-corrected chi connectivity index (χ2v) is 6.97. The topological polar surface area (TPSA) is 54.2 Å². The molecule has 1 heterocycles. The van der Waals surface area contributed by atoms with Gasteiger partial charge in [-0.3, -0.25) is 4.99 Å². The molecule has 3 rings (SSSR count). The van der Waals surface area contributed by atoms with Crippen LogP contribution in [0.3, 0.4) is 0 Å². The minimum atomic E-state index is 0. The Morgan fingerprint density at radius 1 is 1.14 bits per heavy atom. The van der Waals surface area contributed by atoms with E-state index >= 15 is 0 Å². The number of hydrogen-bond donors (Lipinski definition) is 2. The zero-order chi connectivity index (χ0) is 19.8. The van der Waals surface area contributed by atoms with Crippen molar-refractivity contribution in [1.29, 1.82) is 0 Å². The molecule has 0 aliphatic heterocycles. The Labute approximate surface area is 190 Å². The third-order valence-electron chi connectivity index (χ3n) is 4.87. The lowest BCUT2D eigenvalue weighted by molar-refractivity contribution is 0.624. The lowest BCUT2D eigenvalue weighted by Crippen LogP contribution is -2.41. The van der Waals surface area contributed by atoms with Gasteiger partial charge in [0.25, 0.3) is 0 Å². The van der Waals surface area contributed by atoms with Gasteiger partial charge in [-0.1, -0.05) is 55.5 Å². The van der Waals surface area contributed by atoms with Gasteiger partial charge in [-0.05, 0) is 35.6 Å². The first kappa shape index (κ1) is 22.9. The van der Waals surface area contributed by atoms with Crippen LogP contribution in [0.2, 0.25) is 0 Å². The largest absolute Gasteiger partial charge is 0.354 e. The fraction of sp³-hybridized carbons (Fsp3) is 0.304. The fourth-order valence-electron chi connectivity index (χ4n) is 3.05. The summed E-state index contributed by atoms with van der Waals surface area (Å²) in [6.45, 7) is 5.88. The molecule has 2 aromatic carbocycles. The highest BCUT2D eigenvalue weighted by atomic mass is 127. The predicted molar refractivity (Wildman–Crippen MR) is 132 cm³/mol. The van der Waals surface area contributed by atoms with Gasteiger partial charge in [0.2, 0.25) is 0 Å². The quantitative estimate of drug-likeness (QED) is 0.280. The molecule has 0 radical (unpaired) electrons. The van der Waals surface area contributed by atoms with E-state index in [0.717, 1.165) is 25.5 Å². The number of rotatable bonds is 7.